The van der Waals surface area contributed by atoms with E-state index >= 15 is 0 Å². The van der Waals surface area contributed by atoms with E-state index in [1.807, 2.05) is 80.3 Å². The van der Waals surface area contributed by atoms with Crippen LogP contribution in [-0.2, 0) is 7.05 Å². The summed E-state index contributed by atoms with van der Waals surface area (Å²) < 4.78 is 3.61. The molecular formula is C27H23N7OS. The van der Waals surface area contributed by atoms with Crippen molar-refractivity contribution in [2.45, 2.75) is 19.9 Å². The smallest absolute Gasteiger partial charge is 0.263 e. The summed E-state index contributed by atoms with van der Waals surface area (Å²) in [5, 5.41) is 9.41. The van der Waals surface area contributed by atoms with Crippen LogP contribution in [0.3, 0.4) is 0 Å². The van der Waals surface area contributed by atoms with Crippen molar-refractivity contribution in [2.24, 2.45) is 7.05 Å². The Labute approximate surface area is 210 Å². The summed E-state index contributed by atoms with van der Waals surface area (Å²) in [6.07, 6.45) is 3.35. The standard InChI is InChI=1S/C27H23N7OS/c1-16(32-25-24-26(29-14-28-25)36-15-30-24)22-12-18-8-7-11-20(21-13-31-33(3)17(21)2)23(18)27(35)34(22)19-9-5-4-6-10-19/h4-16H,1-3H3,(H,28,29,32)/t16-/m0/s1. The number of aryl methyl sites for hydroxylation is 1. The molecule has 1 atom stereocenters. The maximum Gasteiger partial charge on any atom is 0.263 e. The predicted octanol–water partition coefficient (Wildman–Crippen LogP) is 5.27. The van der Waals surface area contributed by atoms with Crippen LogP contribution in [0, 0.1) is 6.92 Å². The van der Waals surface area contributed by atoms with Gasteiger partial charge in [-0.15, -0.1) is 11.3 Å². The Bertz CT molecular complexity index is 1790. The molecule has 0 amide bonds. The Hall–Kier alpha value is -4.37. The highest BCUT2D eigenvalue weighted by Crippen LogP contribution is 2.32. The number of rotatable bonds is 5. The van der Waals surface area contributed by atoms with Crippen molar-refractivity contribution in [2.75, 3.05) is 5.32 Å². The molecule has 0 saturated carbocycles. The summed E-state index contributed by atoms with van der Waals surface area (Å²) in [5.41, 5.74) is 6.84. The zero-order valence-electron chi connectivity index (χ0n) is 20.0. The highest BCUT2D eigenvalue weighted by atomic mass is 32.1. The number of hydrogen-bond donors (Lipinski definition) is 1. The lowest BCUT2D eigenvalue weighted by Gasteiger charge is -2.22. The van der Waals surface area contributed by atoms with Crippen molar-refractivity contribution in [3.05, 3.63) is 94.4 Å². The van der Waals surface area contributed by atoms with Crippen LogP contribution in [0.25, 0.3) is 37.9 Å². The second-order valence-electron chi connectivity index (χ2n) is 8.68. The van der Waals surface area contributed by atoms with Crippen LogP contribution >= 0.6 is 11.3 Å². The van der Waals surface area contributed by atoms with Gasteiger partial charge in [-0.2, -0.15) is 5.10 Å². The van der Waals surface area contributed by atoms with E-state index in [-0.39, 0.29) is 11.6 Å². The molecule has 0 fully saturated rings. The van der Waals surface area contributed by atoms with Crippen LogP contribution < -0.4 is 10.9 Å². The van der Waals surface area contributed by atoms with Gasteiger partial charge in [-0.05, 0) is 43.0 Å². The fourth-order valence-corrected chi connectivity index (χ4v) is 5.24. The van der Waals surface area contributed by atoms with Crippen molar-refractivity contribution < 1.29 is 0 Å². The van der Waals surface area contributed by atoms with E-state index in [1.54, 1.807) is 10.1 Å². The third kappa shape index (κ3) is 3.56. The van der Waals surface area contributed by atoms with E-state index in [4.69, 9.17) is 0 Å². The quantitative estimate of drug-likeness (QED) is 0.352. The Morgan fingerprint density at radius 1 is 1.00 bits per heavy atom. The molecule has 6 rings (SSSR count). The number of nitrogens with zero attached hydrogens (tertiary/aromatic N) is 6. The minimum Gasteiger partial charge on any atom is -0.360 e. The van der Waals surface area contributed by atoms with Gasteiger partial charge in [-0.1, -0.05) is 36.4 Å². The van der Waals surface area contributed by atoms with Crippen LogP contribution in [0.2, 0.25) is 0 Å². The first-order valence-corrected chi connectivity index (χ1v) is 12.4. The summed E-state index contributed by atoms with van der Waals surface area (Å²) in [6.45, 7) is 4.04. The van der Waals surface area contributed by atoms with Crippen LogP contribution in [0.5, 0.6) is 0 Å². The van der Waals surface area contributed by atoms with E-state index in [0.29, 0.717) is 11.2 Å². The molecule has 0 aliphatic rings. The number of benzene rings is 2. The molecule has 9 heteroatoms. The fraction of sp³-hybridized carbons (Fsp3) is 0.148. The minimum absolute atomic E-state index is 0.0808. The molecule has 2 aromatic carbocycles. The Kier molecular flexibility index (Phi) is 5.34. The van der Waals surface area contributed by atoms with Crippen molar-refractivity contribution >= 4 is 38.3 Å². The highest BCUT2D eigenvalue weighted by molar-refractivity contribution is 7.16. The molecule has 6 aromatic rings. The second-order valence-corrected chi connectivity index (χ2v) is 9.51. The van der Waals surface area contributed by atoms with Crippen molar-refractivity contribution in [1.29, 1.82) is 0 Å². The Morgan fingerprint density at radius 2 is 1.83 bits per heavy atom. The normalized spacial score (nSPS) is 12.3. The average Bonchev–Trinajstić information content (AvgIpc) is 3.51. The molecule has 0 radical (unpaired) electrons. The third-order valence-electron chi connectivity index (χ3n) is 6.55. The molecule has 0 saturated heterocycles. The predicted molar refractivity (Wildman–Crippen MR) is 144 cm³/mol. The van der Waals surface area contributed by atoms with E-state index in [9.17, 15) is 4.79 Å². The van der Waals surface area contributed by atoms with Crippen LogP contribution in [0.15, 0.2) is 77.4 Å². The van der Waals surface area contributed by atoms with E-state index in [1.165, 1.54) is 17.7 Å². The van der Waals surface area contributed by atoms with E-state index in [0.717, 1.165) is 43.9 Å². The molecule has 4 heterocycles. The number of nitrogens with one attached hydrogen (secondary N) is 1. The van der Waals surface area contributed by atoms with Crippen molar-refractivity contribution in [1.82, 2.24) is 29.3 Å². The molecule has 36 heavy (non-hydrogen) atoms. The lowest BCUT2D eigenvalue weighted by molar-refractivity contribution is 0.740. The second kappa shape index (κ2) is 8.69. The largest absolute Gasteiger partial charge is 0.360 e. The zero-order valence-corrected chi connectivity index (χ0v) is 20.8. The third-order valence-corrected chi connectivity index (χ3v) is 7.28. The van der Waals surface area contributed by atoms with Crippen LogP contribution in [-0.4, -0.2) is 29.3 Å². The van der Waals surface area contributed by atoms with Gasteiger partial charge in [-0.3, -0.25) is 14.0 Å². The summed E-state index contributed by atoms with van der Waals surface area (Å²) >= 11 is 1.47. The monoisotopic (exact) mass is 493 g/mol. The number of hydrogen-bond acceptors (Lipinski definition) is 7. The van der Waals surface area contributed by atoms with E-state index < -0.39 is 0 Å². The first kappa shape index (κ1) is 22.1. The molecule has 4 aromatic heterocycles. The molecule has 0 aliphatic carbocycles. The Balaban J connectivity index is 1.59. The summed E-state index contributed by atoms with van der Waals surface area (Å²) in [6, 6.07) is 17.5. The van der Waals surface area contributed by atoms with Gasteiger partial charge < -0.3 is 5.32 Å². The number of anilines is 1. The van der Waals surface area contributed by atoms with Crippen molar-refractivity contribution in [3.63, 3.8) is 0 Å². The number of aromatic nitrogens is 6. The lowest BCUT2D eigenvalue weighted by atomic mass is 9.98. The number of thiazole rings is 1. The average molecular weight is 494 g/mol. The lowest BCUT2D eigenvalue weighted by Crippen LogP contribution is -2.26. The first-order chi connectivity index (χ1) is 17.5. The fourth-order valence-electron chi connectivity index (χ4n) is 4.61. The van der Waals surface area contributed by atoms with Gasteiger partial charge in [0.2, 0.25) is 0 Å². The minimum atomic E-state index is -0.245. The zero-order chi connectivity index (χ0) is 24.8. The SMILES string of the molecule is Cc1c(-c2cccc3cc([C@H](C)Nc4ncnc5scnc45)n(-c4ccccc4)c(=O)c23)cnn1C. The van der Waals surface area contributed by atoms with Gasteiger partial charge in [0.1, 0.15) is 16.7 Å². The molecule has 0 bridgehead atoms. The number of fused-ring (bicyclic) bond motifs is 2. The molecule has 0 unspecified atom stereocenters. The maximum atomic E-state index is 14.3. The highest BCUT2D eigenvalue weighted by Gasteiger charge is 2.21. The van der Waals surface area contributed by atoms with Gasteiger partial charge in [-0.25, -0.2) is 15.0 Å². The number of pyridine rings is 1. The van der Waals surface area contributed by atoms with Crippen molar-refractivity contribution in [3.8, 4) is 16.8 Å². The molecule has 178 valence electrons. The summed E-state index contributed by atoms with van der Waals surface area (Å²) in [4.78, 5) is 28.2. The topological polar surface area (TPSA) is 90.5 Å². The summed E-state index contributed by atoms with van der Waals surface area (Å²) in [7, 11) is 1.91. The first-order valence-electron chi connectivity index (χ1n) is 11.6. The van der Waals surface area contributed by atoms with Gasteiger partial charge in [0, 0.05) is 29.7 Å². The van der Waals surface area contributed by atoms with Gasteiger partial charge in [0.15, 0.2) is 5.82 Å². The van der Waals surface area contributed by atoms with Gasteiger partial charge >= 0.3 is 0 Å². The molecule has 0 spiro atoms. The van der Waals surface area contributed by atoms with Gasteiger partial charge in [0.25, 0.3) is 5.56 Å². The number of para-hydroxylation sites is 1. The van der Waals surface area contributed by atoms with E-state index in [2.05, 4.69) is 31.4 Å². The molecular weight excluding hydrogens is 470 g/mol. The molecule has 1 N–H and O–H groups in total. The summed E-state index contributed by atoms with van der Waals surface area (Å²) in [5.74, 6) is 0.639. The molecule has 0 aliphatic heterocycles. The molecule has 8 nitrogen and oxygen atoms in total. The van der Waals surface area contributed by atoms with Crippen LogP contribution in [0.4, 0.5) is 5.82 Å². The van der Waals surface area contributed by atoms with Gasteiger partial charge in [0.05, 0.1) is 23.1 Å². The maximum absolute atomic E-state index is 14.3. The Morgan fingerprint density at radius 3 is 2.61 bits per heavy atom. The van der Waals surface area contributed by atoms with Crippen LogP contribution in [0.1, 0.15) is 24.4 Å².